The molecule has 1 aromatic rings. The molecular weight excluding hydrogens is 268 g/mol. The molecule has 0 saturated carbocycles. The molecule has 1 saturated heterocycles. The summed E-state index contributed by atoms with van der Waals surface area (Å²) in [6.07, 6.45) is 2.60. The van der Waals surface area contributed by atoms with Crippen LogP contribution in [0.25, 0.3) is 0 Å². The standard InChI is InChI=1S/C16H24N2O3/c19-12-15(13-4-2-1-3-5-13)18-16(20)8-11-21-14-6-9-17-10-7-14/h1-5,14-15,17,19H,6-12H2,(H,18,20). The van der Waals surface area contributed by atoms with Gasteiger partial charge in [-0.2, -0.15) is 0 Å². The van der Waals surface area contributed by atoms with Gasteiger partial charge in [0.2, 0.25) is 5.91 Å². The van der Waals surface area contributed by atoms with E-state index in [4.69, 9.17) is 4.74 Å². The van der Waals surface area contributed by atoms with Crippen LogP contribution in [0.1, 0.15) is 30.9 Å². The molecule has 0 radical (unpaired) electrons. The van der Waals surface area contributed by atoms with Crippen molar-refractivity contribution in [3.8, 4) is 0 Å². The van der Waals surface area contributed by atoms with Crippen LogP contribution in [0.15, 0.2) is 30.3 Å². The van der Waals surface area contributed by atoms with Gasteiger partial charge in [-0.15, -0.1) is 0 Å². The molecular formula is C16H24N2O3. The predicted molar refractivity (Wildman–Crippen MR) is 80.9 cm³/mol. The quantitative estimate of drug-likeness (QED) is 0.701. The summed E-state index contributed by atoms with van der Waals surface area (Å²) in [4.78, 5) is 11.9. The van der Waals surface area contributed by atoms with E-state index < -0.39 is 0 Å². The minimum Gasteiger partial charge on any atom is -0.394 e. The number of ether oxygens (including phenoxy) is 1. The fourth-order valence-electron chi connectivity index (χ4n) is 2.47. The molecule has 116 valence electrons. The molecule has 1 fully saturated rings. The summed E-state index contributed by atoms with van der Waals surface area (Å²) in [6.45, 7) is 2.29. The maximum atomic E-state index is 11.9. The normalized spacial score (nSPS) is 17.4. The first kappa shape index (κ1) is 15.9. The Morgan fingerprint density at radius 1 is 1.33 bits per heavy atom. The van der Waals surface area contributed by atoms with E-state index in [0.29, 0.717) is 13.0 Å². The summed E-state index contributed by atoms with van der Waals surface area (Å²) in [5, 5.41) is 15.5. The van der Waals surface area contributed by atoms with E-state index >= 15 is 0 Å². The molecule has 0 aromatic heterocycles. The van der Waals surface area contributed by atoms with Gasteiger partial charge in [-0.1, -0.05) is 30.3 Å². The summed E-state index contributed by atoms with van der Waals surface area (Å²) in [7, 11) is 0. The smallest absolute Gasteiger partial charge is 0.222 e. The Bertz CT molecular complexity index is 419. The van der Waals surface area contributed by atoms with E-state index in [1.54, 1.807) is 0 Å². The second-order valence-corrected chi connectivity index (χ2v) is 5.28. The fraction of sp³-hybridized carbons (Fsp3) is 0.562. The largest absolute Gasteiger partial charge is 0.394 e. The molecule has 0 spiro atoms. The molecule has 1 unspecified atom stereocenters. The minimum atomic E-state index is -0.349. The highest BCUT2D eigenvalue weighted by molar-refractivity contribution is 5.76. The molecule has 0 aliphatic carbocycles. The van der Waals surface area contributed by atoms with E-state index in [2.05, 4.69) is 10.6 Å². The Hall–Kier alpha value is -1.43. The zero-order valence-corrected chi connectivity index (χ0v) is 12.3. The molecule has 21 heavy (non-hydrogen) atoms. The predicted octanol–water partition coefficient (Wildman–Crippen LogP) is 0.995. The van der Waals surface area contributed by atoms with Crippen LogP contribution in [-0.4, -0.2) is 43.4 Å². The van der Waals surface area contributed by atoms with Crippen LogP contribution >= 0.6 is 0 Å². The third-order valence-electron chi connectivity index (χ3n) is 3.69. The maximum absolute atomic E-state index is 11.9. The first-order valence-corrected chi connectivity index (χ1v) is 7.57. The van der Waals surface area contributed by atoms with Crippen molar-refractivity contribution in [2.24, 2.45) is 0 Å². The van der Waals surface area contributed by atoms with Crippen molar-refractivity contribution in [2.75, 3.05) is 26.3 Å². The van der Waals surface area contributed by atoms with Gasteiger partial charge in [-0.05, 0) is 31.5 Å². The number of piperidine rings is 1. The van der Waals surface area contributed by atoms with E-state index in [9.17, 15) is 9.90 Å². The summed E-state index contributed by atoms with van der Waals surface area (Å²) < 4.78 is 5.71. The summed E-state index contributed by atoms with van der Waals surface area (Å²) in [5.41, 5.74) is 0.910. The lowest BCUT2D eigenvalue weighted by molar-refractivity contribution is -0.123. The van der Waals surface area contributed by atoms with Crippen molar-refractivity contribution < 1.29 is 14.6 Å². The highest BCUT2D eigenvalue weighted by Crippen LogP contribution is 2.12. The monoisotopic (exact) mass is 292 g/mol. The molecule has 1 atom stereocenters. The molecule has 5 heteroatoms. The van der Waals surface area contributed by atoms with E-state index in [1.807, 2.05) is 30.3 Å². The number of aliphatic hydroxyl groups excluding tert-OH is 1. The second-order valence-electron chi connectivity index (χ2n) is 5.28. The molecule has 3 N–H and O–H groups in total. The Morgan fingerprint density at radius 2 is 2.05 bits per heavy atom. The molecule has 1 heterocycles. The van der Waals surface area contributed by atoms with Gasteiger partial charge in [0, 0.05) is 6.42 Å². The average Bonchev–Trinajstić information content (AvgIpc) is 2.54. The van der Waals surface area contributed by atoms with Crippen molar-refractivity contribution in [3.63, 3.8) is 0 Å². The van der Waals surface area contributed by atoms with E-state index in [-0.39, 0.29) is 24.7 Å². The lowest BCUT2D eigenvalue weighted by Gasteiger charge is -2.23. The number of amides is 1. The Morgan fingerprint density at radius 3 is 2.71 bits per heavy atom. The van der Waals surface area contributed by atoms with Crippen LogP contribution in [-0.2, 0) is 9.53 Å². The van der Waals surface area contributed by atoms with Gasteiger partial charge in [0.05, 0.1) is 25.4 Å². The molecule has 0 bridgehead atoms. The number of carbonyl (C=O) groups excluding carboxylic acids is 1. The third kappa shape index (κ3) is 5.46. The highest BCUT2D eigenvalue weighted by atomic mass is 16.5. The van der Waals surface area contributed by atoms with Crippen LogP contribution in [0.3, 0.4) is 0 Å². The summed E-state index contributed by atoms with van der Waals surface area (Å²) in [5.74, 6) is -0.0909. The summed E-state index contributed by atoms with van der Waals surface area (Å²) in [6, 6.07) is 9.14. The van der Waals surface area contributed by atoms with Crippen molar-refractivity contribution in [3.05, 3.63) is 35.9 Å². The maximum Gasteiger partial charge on any atom is 0.222 e. The molecule has 1 aliphatic heterocycles. The number of rotatable bonds is 7. The Balaban J connectivity index is 1.70. The van der Waals surface area contributed by atoms with Gasteiger partial charge < -0.3 is 20.5 Å². The number of hydrogen-bond donors (Lipinski definition) is 3. The number of hydrogen-bond acceptors (Lipinski definition) is 4. The van der Waals surface area contributed by atoms with Crippen molar-refractivity contribution >= 4 is 5.91 Å². The first-order valence-electron chi connectivity index (χ1n) is 7.57. The SMILES string of the molecule is O=C(CCOC1CCNCC1)NC(CO)c1ccccc1. The van der Waals surface area contributed by atoms with Crippen molar-refractivity contribution in [2.45, 2.75) is 31.4 Å². The molecule has 1 aliphatic rings. The lowest BCUT2D eigenvalue weighted by Crippen LogP contribution is -2.34. The van der Waals surface area contributed by atoms with Gasteiger partial charge in [-0.3, -0.25) is 4.79 Å². The first-order chi connectivity index (χ1) is 10.3. The minimum absolute atomic E-state index is 0.0909. The van der Waals surface area contributed by atoms with Crippen LogP contribution < -0.4 is 10.6 Å². The Kier molecular flexibility index (Phi) is 6.66. The van der Waals surface area contributed by atoms with Gasteiger partial charge in [-0.25, -0.2) is 0 Å². The fourth-order valence-corrected chi connectivity index (χ4v) is 2.47. The van der Waals surface area contributed by atoms with Crippen molar-refractivity contribution in [1.29, 1.82) is 0 Å². The molecule has 1 amide bonds. The number of aliphatic hydroxyl groups is 1. The molecule has 2 rings (SSSR count). The van der Waals surface area contributed by atoms with E-state index in [1.165, 1.54) is 0 Å². The van der Waals surface area contributed by atoms with Gasteiger partial charge in [0.15, 0.2) is 0 Å². The van der Waals surface area contributed by atoms with Crippen LogP contribution in [0.4, 0.5) is 0 Å². The third-order valence-corrected chi connectivity index (χ3v) is 3.69. The van der Waals surface area contributed by atoms with Crippen LogP contribution in [0.2, 0.25) is 0 Å². The van der Waals surface area contributed by atoms with Crippen molar-refractivity contribution in [1.82, 2.24) is 10.6 Å². The van der Waals surface area contributed by atoms with Crippen LogP contribution in [0, 0.1) is 0 Å². The highest BCUT2D eigenvalue weighted by Gasteiger charge is 2.15. The number of nitrogens with one attached hydrogen (secondary N) is 2. The van der Waals surface area contributed by atoms with Gasteiger partial charge in [0.1, 0.15) is 0 Å². The molecule has 1 aromatic carbocycles. The van der Waals surface area contributed by atoms with Gasteiger partial charge in [0.25, 0.3) is 0 Å². The zero-order chi connectivity index (χ0) is 14.9. The lowest BCUT2D eigenvalue weighted by atomic mass is 10.1. The number of carbonyl (C=O) groups is 1. The zero-order valence-electron chi connectivity index (χ0n) is 12.3. The number of benzene rings is 1. The Labute approximate surface area is 125 Å². The second kappa shape index (κ2) is 8.77. The average molecular weight is 292 g/mol. The van der Waals surface area contributed by atoms with Gasteiger partial charge >= 0.3 is 0 Å². The van der Waals surface area contributed by atoms with Crippen LogP contribution in [0.5, 0.6) is 0 Å². The molecule has 5 nitrogen and oxygen atoms in total. The summed E-state index contributed by atoms with van der Waals surface area (Å²) >= 11 is 0. The van der Waals surface area contributed by atoms with E-state index in [0.717, 1.165) is 31.5 Å². The topological polar surface area (TPSA) is 70.6 Å².